The maximum atomic E-state index is 11.1. The maximum absolute atomic E-state index is 11.1. The Kier molecular flexibility index (Phi) is 3.75. The summed E-state index contributed by atoms with van der Waals surface area (Å²) in [6.45, 7) is 0. The quantitative estimate of drug-likeness (QED) is 0.851. The number of rotatable bonds is 3. The third-order valence-corrected chi connectivity index (χ3v) is 2.55. The molecule has 13 heavy (non-hydrogen) atoms. The normalized spacial score (nSPS) is 10.0. The summed E-state index contributed by atoms with van der Waals surface area (Å²) in [5.74, 6) is 0.174. The molecule has 0 atom stereocenters. The van der Waals surface area contributed by atoms with Crippen molar-refractivity contribution in [3.8, 4) is 5.75 Å². The molecule has 0 bridgehead atoms. The standard InChI is InChI=1S/C9H8BrClO2/c10-5-8(13)3-6-1-2-7(12)4-9(6)11/h1-2,4,12H,3,5H2. The Morgan fingerprint density at radius 2 is 2.23 bits per heavy atom. The summed E-state index contributed by atoms with van der Waals surface area (Å²) >= 11 is 8.87. The van der Waals surface area contributed by atoms with Crippen LogP contribution in [0.15, 0.2) is 18.2 Å². The first-order chi connectivity index (χ1) is 6.13. The molecule has 0 unspecified atom stereocenters. The molecule has 0 aromatic heterocycles. The van der Waals surface area contributed by atoms with Crippen LogP contribution in [0.5, 0.6) is 5.75 Å². The first-order valence-electron chi connectivity index (χ1n) is 3.68. The molecule has 1 aromatic rings. The molecule has 0 aliphatic carbocycles. The van der Waals surface area contributed by atoms with E-state index in [4.69, 9.17) is 16.7 Å². The summed E-state index contributed by atoms with van der Waals surface area (Å²) in [7, 11) is 0. The van der Waals surface area contributed by atoms with Gasteiger partial charge in [0.05, 0.1) is 5.33 Å². The summed E-state index contributed by atoms with van der Waals surface area (Å²) in [5, 5.41) is 9.80. The molecular formula is C9H8BrClO2. The largest absolute Gasteiger partial charge is 0.508 e. The summed E-state index contributed by atoms with van der Waals surface area (Å²) in [5.41, 5.74) is 0.740. The van der Waals surface area contributed by atoms with E-state index in [1.54, 1.807) is 6.07 Å². The van der Waals surface area contributed by atoms with Gasteiger partial charge in [-0.1, -0.05) is 33.6 Å². The number of carbonyl (C=O) groups is 1. The van der Waals surface area contributed by atoms with Crippen molar-refractivity contribution >= 4 is 33.3 Å². The van der Waals surface area contributed by atoms with Gasteiger partial charge in [0, 0.05) is 11.4 Å². The number of aromatic hydroxyl groups is 1. The number of benzene rings is 1. The highest BCUT2D eigenvalue weighted by Gasteiger charge is 2.06. The third-order valence-electron chi connectivity index (χ3n) is 1.57. The third kappa shape index (κ3) is 3.01. The molecule has 0 saturated heterocycles. The lowest BCUT2D eigenvalue weighted by Crippen LogP contribution is -2.03. The van der Waals surface area contributed by atoms with Crippen molar-refractivity contribution in [1.29, 1.82) is 0 Å². The van der Waals surface area contributed by atoms with E-state index in [-0.39, 0.29) is 11.5 Å². The molecule has 0 spiro atoms. The molecule has 0 aliphatic rings. The van der Waals surface area contributed by atoms with Crippen molar-refractivity contribution in [3.05, 3.63) is 28.8 Å². The lowest BCUT2D eigenvalue weighted by molar-refractivity contribution is -0.115. The monoisotopic (exact) mass is 262 g/mol. The van der Waals surface area contributed by atoms with Crippen LogP contribution in [0.4, 0.5) is 0 Å². The van der Waals surface area contributed by atoms with Gasteiger partial charge in [-0.3, -0.25) is 4.79 Å². The van der Waals surface area contributed by atoms with Gasteiger partial charge < -0.3 is 5.11 Å². The first-order valence-corrected chi connectivity index (χ1v) is 5.18. The highest BCUT2D eigenvalue weighted by atomic mass is 79.9. The van der Waals surface area contributed by atoms with Gasteiger partial charge in [0.15, 0.2) is 0 Å². The van der Waals surface area contributed by atoms with Crippen LogP contribution in [-0.4, -0.2) is 16.2 Å². The lowest BCUT2D eigenvalue weighted by Gasteiger charge is -2.02. The maximum Gasteiger partial charge on any atom is 0.147 e. The fourth-order valence-corrected chi connectivity index (χ4v) is 1.38. The van der Waals surface area contributed by atoms with Gasteiger partial charge in [-0.25, -0.2) is 0 Å². The number of hydrogen-bond donors (Lipinski definition) is 1. The van der Waals surface area contributed by atoms with Crippen LogP contribution in [-0.2, 0) is 11.2 Å². The number of phenols is 1. The molecule has 4 heteroatoms. The first kappa shape index (κ1) is 10.5. The van der Waals surface area contributed by atoms with Gasteiger partial charge in [-0.2, -0.15) is 0 Å². The van der Waals surface area contributed by atoms with Crippen LogP contribution in [0.25, 0.3) is 0 Å². The minimum absolute atomic E-state index is 0.0626. The molecule has 0 fully saturated rings. The number of carbonyl (C=O) groups excluding carboxylic acids is 1. The van der Waals surface area contributed by atoms with Crippen LogP contribution in [0.1, 0.15) is 5.56 Å². The van der Waals surface area contributed by atoms with Crippen LogP contribution < -0.4 is 0 Å². The fourth-order valence-electron chi connectivity index (χ4n) is 0.939. The van der Waals surface area contributed by atoms with Crippen molar-refractivity contribution in [2.45, 2.75) is 6.42 Å². The second-order valence-corrected chi connectivity index (χ2v) is 3.59. The molecule has 0 amide bonds. The second-order valence-electron chi connectivity index (χ2n) is 2.62. The number of hydrogen-bond acceptors (Lipinski definition) is 2. The molecule has 0 heterocycles. The van der Waals surface area contributed by atoms with E-state index in [2.05, 4.69) is 15.9 Å². The van der Waals surface area contributed by atoms with Gasteiger partial charge in [0.1, 0.15) is 11.5 Å². The van der Waals surface area contributed by atoms with Crippen molar-refractivity contribution in [3.63, 3.8) is 0 Å². The summed E-state index contributed by atoms with van der Waals surface area (Å²) in [6, 6.07) is 4.60. The van der Waals surface area contributed by atoms with Gasteiger partial charge in [-0.15, -0.1) is 0 Å². The van der Waals surface area contributed by atoms with E-state index in [0.717, 1.165) is 5.56 Å². The summed E-state index contributed by atoms with van der Waals surface area (Å²) < 4.78 is 0. The van der Waals surface area contributed by atoms with Crippen molar-refractivity contribution in [1.82, 2.24) is 0 Å². The number of halogens is 2. The Hall–Kier alpha value is -0.540. The van der Waals surface area contributed by atoms with E-state index < -0.39 is 0 Å². The van der Waals surface area contributed by atoms with Gasteiger partial charge in [0.2, 0.25) is 0 Å². The van der Waals surface area contributed by atoms with Crippen molar-refractivity contribution < 1.29 is 9.90 Å². The minimum Gasteiger partial charge on any atom is -0.508 e. The van der Waals surface area contributed by atoms with E-state index in [0.29, 0.717) is 16.8 Å². The van der Waals surface area contributed by atoms with Crippen molar-refractivity contribution in [2.75, 3.05) is 5.33 Å². The molecule has 1 aromatic carbocycles. The van der Waals surface area contributed by atoms with Gasteiger partial charge in [-0.05, 0) is 17.7 Å². The Morgan fingerprint density at radius 1 is 1.54 bits per heavy atom. The van der Waals surface area contributed by atoms with Gasteiger partial charge >= 0.3 is 0 Å². The van der Waals surface area contributed by atoms with Crippen LogP contribution in [0.3, 0.4) is 0 Å². The highest BCUT2D eigenvalue weighted by molar-refractivity contribution is 9.09. The zero-order valence-corrected chi connectivity index (χ0v) is 9.10. The summed E-state index contributed by atoms with van der Waals surface area (Å²) in [4.78, 5) is 11.1. The SMILES string of the molecule is O=C(CBr)Cc1ccc(O)cc1Cl. The average Bonchev–Trinajstić information content (AvgIpc) is 2.09. The van der Waals surface area contributed by atoms with Crippen LogP contribution >= 0.6 is 27.5 Å². The molecule has 0 radical (unpaired) electrons. The predicted molar refractivity (Wildman–Crippen MR) is 55.6 cm³/mol. The zero-order chi connectivity index (χ0) is 9.84. The fraction of sp³-hybridized carbons (Fsp3) is 0.222. The lowest BCUT2D eigenvalue weighted by atomic mass is 10.1. The Labute approximate surface area is 89.7 Å². The highest BCUT2D eigenvalue weighted by Crippen LogP contribution is 2.22. The molecule has 1 rings (SSSR count). The average molecular weight is 264 g/mol. The second kappa shape index (κ2) is 4.63. The Balaban J connectivity index is 2.83. The molecular weight excluding hydrogens is 255 g/mol. The smallest absolute Gasteiger partial charge is 0.147 e. The Bertz CT molecular complexity index is 325. The molecule has 2 nitrogen and oxygen atoms in total. The van der Waals surface area contributed by atoms with E-state index in [1.165, 1.54) is 12.1 Å². The predicted octanol–water partition coefficient (Wildman–Crippen LogP) is 2.55. The molecule has 1 N–H and O–H groups in total. The number of alkyl halides is 1. The Morgan fingerprint density at radius 3 is 2.77 bits per heavy atom. The van der Waals surface area contributed by atoms with Crippen LogP contribution in [0.2, 0.25) is 5.02 Å². The zero-order valence-electron chi connectivity index (χ0n) is 6.76. The van der Waals surface area contributed by atoms with Crippen LogP contribution in [0, 0.1) is 0 Å². The minimum atomic E-state index is 0.0626. The molecule has 0 aliphatic heterocycles. The number of Topliss-reactive ketones (excluding diaryl/α,β-unsaturated/α-hetero) is 1. The topological polar surface area (TPSA) is 37.3 Å². The van der Waals surface area contributed by atoms with E-state index in [1.807, 2.05) is 0 Å². The number of ketones is 1. The van der Waals surface area contributed by atoms with E-state index in [9.17, 15) is 4.79 Å². The molecule has 70 valence electrons. The molecule has 0 saturated carbocycles. The van der Waals surface area contributed by atoms with Gasteiger partial charge in [0.25, 0.3) is 0 Å². The summed E-state index contributed by atoms with van der Waals surface area (Å²) in [6.07, 6.45) is 0.296. The number of phenolic OH excluding ortho intramolecular Hbond substituents is 1. The van der Waals surface area contributed by atoms with Crippen molar-refractivity contribution in [2.24, 2.45) is 0 Å². The van der Waals surface area contributed by atoms with E-state index >= 15 is 0 Å².